The van der Waals surface area contributed by atoms with Crippen LogP contribution in [0.25, 0.3) is 0 Å². The lowest BCUT2D eigenvalue weighted by atomic mass is 9.98. The smallest absolute Gasteiger partial charge is 0.327 e. The summed E-state index contributed by atoms with van der Waals surface area (Å²) < 4.78 is 10.8. The van der Waals surface area contributed by atoms with Crippen LogP contribution >= 0.6 is 11.8 Å². The molecule has 1 fully saturated rings. The van der Waals surface area contributed by atoms with Crippen molar-refractivity contribution in [3.05, 3.63) is 83.8 Å². The second kappa shape index (κ2) is 12.3. The third-order valence-electron chi connectivity index (χ3n) is 7.79. The Morgan fingerprint density at radius 3 is 2.73 bits per heavy atom. The topological polar surface area (TPSA) is 137 Å². The van der Waals surface area contributed by atoms with E-state index in [1.165, 1.54) is 18.9 Å². The van der Waals surface area contributed by atoms with Crippen molar-refractivity contribution in [1.82, 2.24) is 20.5 Å². The van der Waals surface area contributed by atoms with Crippen LogP contribution in [0.2, 0.25) is 0 Å². The number of aryl methyl sites for hydroxylation is 1. The minimum absolute atomic E-state index is 0.0945. The number of pyridine rings is 1. The number of nitriles is 1. The number of aromatic nitrogens is 1. The number of amides is 4. The van der Waals surface area contributed by atoms with Crippen LogP contribution in [0, 0.1) is 18.3 Å². The van der Waals surface area contributed by atoms with E-state index in [2.05, 4.69) is 15.6 Å². The van der Waals surface area contributed by atoms with Crippen LogP contribution < -0.4 is 20.3 Å². The van der Waals surface area contributed by atoms with Gasteiger partial charge in [-0.15, -0.1) is 0 Å². The Hall–Kier alpha value is -5.02. The average molecular weight is 611 g/mol. The van der Waals surface area contributed by atoms with E-state index in [1.807, 2.05) is 61.5 Å². The molecule has 44 heavy (non-hydrogen) atoms. The number of likely N-dealkylation sites (tertiary alicyclic amines) is 1. The van der Waals surface area contributed by atoms with Gasteiger partial charge in [-0.3, -0.25) is 14.5 Å². The van der Waals surface area contributed by atoms with E-state index in [-0.39, 0.29) is 30.1 Å². The van der Waals surface area contributed by atoms with Gasteiger partial charge in [-0.2, -0.15) is 5.26 Å². The molecule has 4 amide bonds. The van der Waals surface area contributed by atoms with Crippen LogP contribution in [0.5, 0.6) is 11.5 Å². The Kier molecular flexibility index (Phi) is 8.13. The van der Waals surface area contributed by atoms with Gasteiger partial charge in [0.1, 0.15) is 34.1 Å². The highest BCUT2D eigenvalue weighted by molar-refractivity contribution is 8.01. The number of carbonyl (C=O) groups excluding carboxylic acids is 3. The van der Waals surface area contributed by atoms with E-state index in [9.17, 15) is 19.6 Å². The maximum atomic E-state index is 13.6. The van der Waals surface area contributed by atoms with Crippen LogP contribution in [0.3, 0.4) is 0 Å². The third-order valence-corrected chi connectivity index (χ3v) is 9.08. The molecule has 0 radical (unpaired) electrons. The number of hydrogen-bond acceptors (Lipinski definition) is 8. The highest BCUT2D eigenvalue weighted by atomic mass is 32.2. The predicted octanol–water partition coefficient (Wildman–Crippen LogP) is 4.72. The molecule has 2 N–H and O–H groups in total. The summed E-state index contributed by atoms with van der Waals surface area (Å²) in [6.45, 7) is 2.68. The number of anilines is 2. The molecule has 3 aromatic rings. The highest BCUT2D eigenvalue weighted by Gasteiger charge is 2.47. The summed E-state index contributed by atoms with van der Waals surface area (Å²) in [5.74, 6) is 0.693. The number of nitrogens with one attached hydrogen (secondary N) is 2. The Balaban J connectivity index is 1.19. The number of carbonyl (C=O) groups is 3. The van der Waals surface area contributed by atoms with Crippen LogP contribution in [0.15, 0.2) is 77.7 Å². The van der Waals surface area contributed by atoms with Crippen molar-refractivity contribution in [2.45, 2.75) is 42.1 Å². The van der Waals surface area contributed by atoms with Gasteiger partial charge < -0.3 is 25.0 Å². The first-order valence-electron chi connectivity index (χ1n) is 14.2. The highest BCUT2D eigenvalue weighted by Crippen LogP contribution is 2.51. The molecule has 0 aliphatic carbocycles. The fourth-order valence-corrected chi connectivity index (χ4v) is 7.04. The SMILES string of the molecule is COC=C(C#N)C(=O)N1CCCC(NC(=O)[C@@H]2Sc3nccc4c3C2NC(=O)N4c2ccc(Oc3ccccc3)cc2C)C1. The molecule has 3 atom stereocenters. The standard InChI is InChI=1S/C32H30N6O5S/c1-19-15-23(43-22-8-4-3-5-9-22)10-11-24(19)38-25-12-13-34-30-26(25)27(36-32(38)41)28(44-30)29(39)35-21-7-6-14-37(17-21)31(40)20(16-33)18-42-2/h3-5,8-13,15,18,21,27-28H,6-7,14,17H2,1-2H3,(H,35,39)(H,36,41)/t21?,27?,28-/m1/s1. The number of piperidine rings is 1. The number of nitrogens with zero attached hydrogens (tertiary/aromatic N) is 4. The zero-order valence-electron chi connectivity index (χ0n) is 24.1. The molecule has 0 saturated carbocycles. The summed E-state index contributed by atoms with van der Waals surface area (Å²) in [5, 5.41) is 15.5. The zero-order chi connectivity index (χ0) is 30.8. The van der Waals surface area contributed by atoms with Crippen molar-refractivity contribution in [2.24, 2.45) is 0 Å². The van der Waals surface area contributed by atoms with Crippen molar-refractivity contribution in [3.8, 4) is 17.6 Å². The van der Waals surface area contributed by atoms with Gasteiger partial charge in [-0.1, -0.05) is 30.0 Å². The number of benzene rings is 2. The number of para-hydroxylation sites is 1. The number of ether oxygens (including phenoxy) is 2. The predicted molar refractivity (Wildman–Crippen MR) is 163 cm³/mol. The first-order chi connectivity index (χ1) is 21.4. The summed E-state index contributed by atoms with van der Waals surface area (Å²) in [5.41, 5.74) is 2.91. The molecule has 2 aromatic carbocycles. The van der Waals surface area contributed by atoms with E-state index in [0.717, 1.165) is 17.4 Å². The molecule has 4 heterocycles. The Morgan fingerprint density at radius 2 is 1.98 bits per heavy atom. The minimum Gasteiger partial charge on any atom is -0.503 e. The molecule has 0 bridgehead atoms. The quantitative estimate of drug-likeness (QED) is 0.223. The molecular formula is C32H30N6O5S. The molecule has 11 nitrogen and oxygen atoms in total. The summed E-state index contributed by atoms with van der Waals surface area (Å²) in [6.07, 6.45) is 4.14. The van der Waals surface area contributed by atoms with Crippen molar-refractivity contribution >= 4 is 41.0 Å². The fourth-order valence-electron chi connectivity index (χ4n) is 5.81. The van der Waals surface area contributed by atoms with Crippen LogP contribution in [-0.2, 0) is 14.3 Å². The van der Waals surface area contributed by atoms with Gasteiger partial charge in [-0.05, 0) is 61.7 Å². The summed E-state index contributed by atoms with van der Waals surface area (Å²) in [6, 6.07) is 17.5. The van der Waals surface area contributed by atoms with Crippen LogP contribution in [-0.4, -0.2) is 59.2 Å². The molecule has 12 heteroatoms. The minimum atomic E-state index is -0.637. The Labute approximate surface area is 258 Å². The number of urea groups is 1. The maximum absolute atomic E-state index is 13.6. The number of thioether (sulfide) groups is 1. The average Bonchev–Trinajstić information content (AvgIpc) is 3.40. The molecule has 1 aromatic heterocycles. The second-order valence-corrected chi connectivity index (χ2v) is 11.8. The van der Waals surface area contributed by atoms with E-state index >= 15 is 0 Å². The van der Waals surface area contributed by atoms with Gasteiger partial charge in [0.15, 0.2) is 5.57 Å². The normalized spacial score (nSPS) is 20.7. The van der Waals surface area contributed by atoms with Crippen molar-refractivity contribution in [1.29, 1.82) is 5.26 Å². The Bertz CT molecular complexity index is 1690. The molecule has 224 valence electrons. The third kappa shape index (κ3) is 5.54. The van der Waals surface area contributed by atoms with E-state index in [4.69, 9.17) is 9.47 Å². The number of hydrogen-bond donors (Lipinski definition) is 2. The molecule has 3 aliphatic rings. The van der Waals surface area contributed by atoms with Gasteiger partial charge in [0.25, 0.3) is 5.91 Å². The molecular weight excluding hydrogens is 580 g/mol. The summed E-state index contributed by atoms with van der Waals surface area (Å²) >= 11 is 1.32. The van der Waals surface area contributed by atoms with Gasteiger partial charge in [0.2, 0.25) is 5.91 Å². The molecule has 2 unspecified atom stereocenters. The summed E-state index contributed by atoms with van der Waals surface area (Å²) in [7, 11) is 1.38. The van der Waals surface area contributed by atoms with E-state index < -0.39 is 17.2 Å². The monoisotopic (exact) mass is 610 g/mol. The zero-order valence-corrected chi connectivity index (χ0v) is 25.0. The lowest BCUT2D eigenvalue weighted by molar-refractivity contribution is -0.129. The Morgan fingerprint density at radius 1 is 1.16 bits per heavy atom. The lowest BCUT2D eigenvalue weighted by Crippen LogP contribution is -2.54. The van der Waals surface area contributed by atoms with Gasteiger partial charge in [0, 0.05) is 30.9 Å². The van der Waals surface area contributed by atoms with Gasteiger partial charge in [0.05, 0.1) is 24.5 Å². The van der Waals surface area contributed by atoms with Crippen LogP contribution in [0.1, 0.15) is 30.0 Å². The molecule has 0 spiro atoms. The first-order valence-corrected chi connectivity index (χ1v) is 15.1. The lowest BCUT2D eigenvalue weighted by Gasteiger charge is -2.36. The summed E-state index contributed by atoms with van der Waals surface area (Å²) in [4.78, 5) is 47.7. The van der Waals surface area contributed by atoms with E-state index in [1.54, 1.807) is 22.1 Å². The number of methoxy groups -OCH3 is 1. The van der Waals surface area contributed by atoms with Crippen molar-refractivity contribution in [2.75, 3.05) is 25.1 Å². The maximum Gasteiger partial charge on any atom is 0.327 e. The molecule has 6 rings (SSSR count). The van der Waals surface area contributed by atoms with E-state index in [0.29, 0.717) is 47.3 Å². The van der Waals surface area contributed by atoms with Crippen LogP contribution in [0.4, 0.5) is 16.2 Å². The van der Waals surface area contributed by atoms with Crippen molar-refractivity contribution < 1.29 is 23.9 Å². The van der Waals surface area contributed by atoms with Gasteiger partial charge in [-0.25, -0.2) is 9.78 Å². The molecule has 1 saturated heterocycles. The second-order valence-electron chi connectivity index (χ2n) is 10.7. The largest absolute Gasteiger partial charge is 0.503 e. The number of rotatable bonds is 7. The van der Waals surface area contributed by atoms with Gasteiger partial charge >= 0.3 is 6.03 Å². The molecule has 3 aliphatic heterocycles. The first kappa shape index (κ1) is 29.1. The fraction of sp³-hybridized carbons (Fsp3) is 0.281. The van der Waals surface area contributed by atoms with Crippen molar-refractivity contribution in [3.63, 3.8) is 0 Å².